The minimum Gasteiger partial charge on any atom is -0.339 e. The average molecular weight is 253 g/mol. The molecule has 0 aromatic rings. The highest BCUT2D eigenvalue weighted by molar-refractivity contribution is 5.81. The zero-order valence-electron chi connectivity index (χ0n) is 11.6. The fourth-order valence-corrected chi connectivity index (χ4v) is 3.25. The molecule has 0 spiro atoms. The first kappa shape index (κ1) is 13.8. The molecule has 1 atom stereocenters. The van der Waals surface area contributed by atoms with Crippen LogP contribution in [0.15, 0.2) is 0 Å². The van der Waals surface area contributed by atoms with E-state index in [1.165, 1.54) is 25.7 Å². The Morgan fingerprint density at radius 1 is 1.22 bits per heavy atom. The second-order valence-corrected chi connectivity index (χ2v) is 5.69. The molecule has 1 aliphatic heterocycles. The molecule has 0 aromatic carbocycles. The molecule has 1 aliphatic carbocycles. The number of amides is 1. The molecule has 1 amide bonds. The number of nitrogens with zero attached hydrogens (tertiary/aromatic N) is 2. The predicted molar refractivity (Wildman–Crippen MR) is 73.3 cm³/mol. The lowest BCUT2D eigenvalue weighted by Crippen LogP contribution is -2.54. The van der Waals surface area contributed by atoms with Crippen molar-refractivity contribution in [3.63, 3.8) is 0 Å². The zero-order chi connectivity index (χ0) is 13.0. The molecule has 0 aromatic heterocycles. The predicted octanol–water partition coefficient (Wildman–Crippen LogP) is 1.20. The Morgan fingerprint density at radius 3 is 2.39 bits per heavy atom. The molecule has 0 bridgehead atoms. The summed E-state index contributed by atoms with van der Waals surface area (Å²) < 4.78 is 0. The van der Waals surface area contributed by atoms with Crippen LogP contribution in [0.4, 0.5) is 0 Å². The Bertz CT molecular complexity index is 268. The summed E-state index contributed by atoms with van der Waals surface area (Å²) in [5.74, 6) is 0.155. The van der Waals surface area contributed by atoms with Gasteiger partial charge in [0, 0.05) is 32.2 Å². The lowest BCUT2D eigenvalue weighted by molar-refractivity contribution is -0.134. The monoisotopic (exact) mass is 253 g/mol. The first-order chi connectivity index (χ1) is 8.72. The van der Waals surface area contributed by atoms with Gasteiger partial charge in [-0.25, -0.2) is 0 Å². The number of hydrogen-bond donors (Lipinski definition) is 1. The first-order valence-corrected chi connectivity index (χ1v) is 7.50. The van der Waals surface area contributed by atoms with Gasteiger partial charge in [0.15, 0.2) is 0 Å². The summed E-state index contributed by atoms with van der Waals surface area (Å²) in [6.45, 7) is 5.88. The average Bonchev–Trinajstić information content (AvgIpc) is 2.92. The Labute approximate surface area is 110 Å². The van der Waals surface area contributed by atoms with Gasteiger partial charge in [-0.05, 0) is 19.3 Å². The van der Waals surface area contributed by atoms with Gasteiger partial charge in [-0.2, -0.15) is 0 Å². The van der Waals surface area contributed by atoms with E-state index in [0.717, 1.165) is 45.1 Å². The van der Waals surface area contributed by atoms with Crippen molar-refractivity contribution >= 4 is 5.91 Å². The maximum atomic E-state index is 12.1. The fourth-order valence-electron chi connectivity index (χ4n) is 3.25. The number of carbonyl (C=O) groups is 1. The van der Waals surface area contributed by atoms with E-state index in [1.807, 2.05) is 4.90 Å². The molecule has 1 heterocycles. The normalized spacial score (nSPS) is 24.4. The molecule has 2 fully saturated rings. The summed E-state index contributed by atoms with van der Waals surface area (Å²) in [5, 5.41) is 0. The standard InChI is InChI=1S/C14H27N3O/c1-2-5-13(15)14(18)17-10-8-16(9-11-17)12-6-3-4-7-12/h12-13H,2-11,15H2,1H3/t13-/m1/s1. The van der Waals surface area contributed by atoms with Gasteiger partial charge in [0.05, 0.1) is 6.04 Å². The fraction of sp³-hybridized carbons (Fsp3) is 0.929. The molecule has 2 aliphatic rings. The summed E-state index contributed by atoms with van der Waals surface area (Å²) in [5.41, 5.74) is 5.91. The van der Waals surface area contributed by atoms with Crippen molar-refractivity contribution in [3.8, 4) is 0 Å². The van der Waals surface area contributed by atoms with Gasteiger partial charge >= 0.3 is 0 Å². The van der Waals surface area contributed by atoms with Crippen molar-refractivity contribution in [2.45, 2.75) is 57.5 Å². The van der Waals surface area contributed by atoms with Crippen LogP contribution in [0.3, 0.4) is 0 Å². The largest absolute Gasteiger partial charge is 0.339 e. The summed E-state index contributed by atoms with van der Waals surface area (Å²) in [4.78, 5) is 16.6. The quantitative estimate of drug-likeness (QED) is 0.819. The van der Waals surface area contributed by atoms with Gasteiger partial charge in [-0.15, -0.1) is 0 Å². The molecule has 4 heteroatoms. The van der Waals surface area contributed by atoms with Crippen LogP contribution in [0.25, 0.3) is 0 Å². The maximum Gasteiger partial charge on any atom is 0.239 e. The van der Waals surface area contributed by atoms with Crippen LogP contribution in [0.1, 0.15) is 45.4 Å². The van der Waals surface area contributed by atoms with E-state index in [9.17, 15) is 4.79 Å². The van der Waals surface area contributed by atoms with Gasteiger partial charge in [0.25, 0.3) is 0 Å². The highest BCUT2D eigenvalue weighted by Crippen LogP contribution is 2.24. The molecule has 0 unspecified atom stereocenters. The van der Waals surface area contributed by atoms with Crippen LogP contribution < -0.4 is 5.73 Å². The second kappa shape index (κ2) is 6.53. The first-order valence-electron chi connectivity index (χ1n) is 7.50. The summed E-state index contributed by atoms with van der Waals surface area (Å²) in [7, 11) is 0. The molecular formula is C14H27N3O. The molecule has 1 saturated heterocycles. The van der Waals surface area contributed by atoms with E-state index in [4.69, 9.17) is 5.73 Å². The smallest absolute Gasteiger partial charge is 0.239 e. The summed E-state index contributed by atoms with van der Waals surface area (Å²) in [6.07, 6.45) is 7.25. The van der Waals surface area contributed by atoms with Gasteiger partial charge in [0.1, 0.15) is 0 Å². The minimum absolute atomic E-state index is 0.155. The minimum atomic E-state index is -0.284. The van der Waals surface area contributed by atoms with Crippen molar-refractivity contribution in [2.75, 3.05) is 26.2 Å². The van der Waals surface area contributed by atoms with Gasteiger partial charge < -0.3 is 10.6 Å². The Balaban J connectivity index is 1.77. The van der Waals surface area contributed by atoms with E-state index in [1.54, 1.807) is 0 Å². The van der Waals surface area contributed by atoms with Crippen LogP contribution in [-0.2, 0) is 4.79 Å². The van der Waals surface area contributed by atoms with Crippen LogP contribution in [0.2, 0.25) is 0 Å². The van der Waals surface area contributed by atoms with E-state index in [2.05, 4.69) is 11.8 Å². The Morgan fingerprint density at radius 2 is 1.83 bits per heavy atom. The molecule has 2 N–H and O–H groups in total. The molecule has 104 valence electrons. The van der Waals surface area contributed by atoms with Crippen molar-refractivity contribution in [1.82, 2.24) is 9.80 Å². The highest BCUT2D eigenvalue weighted by atomic mass is 16.2. The van der Waals surface area contributed by atoms with Crippen LogP contribution in [0.5, 0.6) is 0 Å². The Hall–Kier alpha value is -0.610. The van der Waals surface area contributed by atoms with Crippen molar-refractivity contribution in [1.29, 1.82) is 0 Å². The summed E-state index contributed by atoms with van der Waals surface area (Å²) >= 11 is 0. The third-order valence-corrected chi connectivity index (χ3v) is 4.38. The van der Waals surface area contributed by atoms with Crippen molar-refractivity contribution in [3.05, 3.63) is 0 Å². The summed E-state index contributed by atoms with van der Waals surface area (Å²) in [6, 6.07) is 0.500. The third kappa shape index (κ3) is 3.23. The Kier molecular flexibility index (Phi) is 5.01. The maximum absolute atomic E-state index is 12.1. The van der Waals surface area contributed by atoms with E-state index in [0.29, 0.717) is 0 Å². The van der Waals surface area contributed by atoms with Gasteiger partial charge in [-0.3, -0.25) is 9.69 Å². The van der Waals surface area contributed by atoms with E-state index >= 15 is 0 Å². The van der Waals surface area contributed by atoms with Gasteiger partial charge in [0.2, 0.25) is 5.91 Å². The van der Waals surface area contributed by atoms with Gasteiger partial charge in [-0.1, -0.05) is 26.2 Å². The lowest BCUT2D eigenvalue weighted by Gasteiger charge is -2.38. The molecular weight excluding hydrogens is 226 g/mol. The molecule has 18 heavy (non-hydrogen) atoms. The second-order valence-electron chi connectivity index (χ2n) is 5.69. The highest BCUT2D eigenvalue weighted by Gasteiger charge is 2.29. The van der Waals surface area contributed by atoms with E-state index in [-0.39, 0.29) is 11.9 Å². The van der Waals surface area contributed by atoms with Crippen LogP contribution in [0, 0.1) is 0 Å². The zero-order valence-corrected chi connectivity index (χ0v) is 11.6. The number of nitrogens with two attached hydrogens (primary N) is 1. The SMILES string of the molecule is CCC[C@@H](N)C(=O)N1CCN(C2CCCC2)CC1. The molecule has 4 nitrogen and oxygen atoms in total. The molecule has 0 radical (unpaired) electrons. The number of rotatable bonds is 4. The number of hydrogen-bond acceptors (Lipinski definition) is 3. The van der Waals surface area contributed by atoms with Crippen molar-refractivity contribution < 1.29 is 4.79 Å². The molecule has 2 rings (SSSR count). The lowest BCUT2D eigenvalue weighted by atomic mass is 10.1. The topological polar surface area (TPSA) is 49.6 Å². The van der Waals surface area contributed by atoms with Crippen LogP contribution >= 0.6 is 0 Å². The van der Waals surface area contributed by atoms with Crippen molar-refractivity contribution in [2.24, 2.45) is 5.73 Å². The number of piperazine rings is 1. The van der Waals surface area contributed by atoms with E-state index < -0.39 is 0 Å². The number of carbonyl (C=O) groups excluding carboxylic acids is 1. The van der Waals surface area contributed by atoms with Crippen LogP contribution in [-0.4, -0.2) is 54.0 Å². The third-order valence-electron chi connectivity index (χ3n) is 4.38. The molecule has 1 saturated carbocycles.